The van der Waals surface area contributed by atoms with E-state index in [1.54, 1.807) is 30.2 Å². The Kier molecular flexibility index (Phi) is 12.8. The van der Waals surface area contributed by atoms with Gasteiger partial charge in [-0.25, -0.2) is 4.98 Å². The predicted octanol–water partition coefficient (Wildman–Crippen LogP) is 5.01. The fraction of sp³-hybridized carbons (Fsp3) is 0.425. The molecule has 4 aromatic rings. The molecule has 270 valence electrons. The minimum atomic E-state index is -1.01. The fourth-order valence-electron chi connectivity index (χ4n) is 6.38. The van der Waals surface area contributed by atoms with Crippen molar-refractivity contribution in [3.8, 4) is 0 Å². The van der Waals surface area contributed by atoms with E-state index in [0.717, 1.165) is 22.3 Å². The van der Waals surface area contributed by atoms with Gasteiger partial charge < -0.3 is 21.1 Å². The van der Waals surface area contributed by atoms with Crippen molar-refractivity contribution in [2.45, 2.75) is 93.8 Å². The Hall–Kier alpha value is -4.32. The highest BCUT2D eigenvalue weighted by molar-refractivity contribution is 8.00. The van der Waals surface area contributed by atoms with Gasteiger partial charge in [-0.1, -0.05) is 68.4 Å². The summed E-state index contributed by atoms with van der Waals surface area (Å²) in [5.41, 5.74) is 1.44. The number of para-hydroxylation sites is 1. The third-order valence-electron chi connectivity index (χ3n) is 9.00. The summed E-state index contributed by atoms with van der Waals surface area (Å²) in [4.78, 5) is 52.8. The number of carbonyl (C=O) groups excluding carboxylic acids is 3. The van der Waals surface area contributed by atoms with Crippen LogP contribution in [0.2, 0.25) is 0 Å². The second kappa shape index (κ2) is 17.3. The number of aliphatic hydroxyl groups excluding tert-OH is 1. The summed E-state index contributed by atoms with van der Waals surface area (Å²) in [6.07, 6.45) is 4.35. The van der Waals surface area contributed by atoms with E-state index in [4.69, 9.17) is 0 Å². The van der Waals surface area contributed by atoms with E-state index in [1.807, 2.05) is 112 Å². The first-order chi connectivity index (χ1) is 24.4. The van der Waals surface area contributed by atoms with Crippen LogP contribution in [0.1, 0.15) is 63.5 Å². The van der Waals surface area contributed by atoms with Gasteiger partial charge in [0.25, 0.3) is 5.91 Å². The van der Waals surface area contributed by atoms with Gasteiger partial charge in [-0.05, 0) is 75.8 Å². The summed E-state index contributed by atoms with van der Waals surface area (Å²) in [5.74, 6) is -1.17. The molecule has 2 aromatic carbocycles. The molecule has 1 saturated heterocycles. The van der Waals surface area contributed by atoms with Gasteiger partial charge >= 0.3 is 0 Å². The third-order valence-corrected chi connectivity index (χ3v) is 10.3. The Labute approximate surface area is 305 Å². The zero-order valence-electron chi connectivity index (χ0n) is 30.1. The average molecular weight is 711 g/mol. The molecule has 0 spiro atoms. The number of carbonyl (C=O) groups is 3. The maximum atomic E-state index is 14.0. The molecule has 10 nitrogen and oxygen atoms in total. The predicted molar refractivity (Wildman–Crippen MR) is 202 cm³/mol. The largest absolute Gasteiger partial charge is 0.390 e. The number of aliphatic hydroxyl groups is 1. The van der Waals surface area contributed by atoms with E-state index in [9.17, 15) is 19.5 Å². The van der Waals surface area contributed by atoms with E-state index in [-0.39, 0.29) is 29.3 Å². The maximum Gasteiger partial charge on any atom is 0.270 e. The molecule has 5 atom stereocenters. The number of rotatable bonds is 13. The Balaban J connectivity index is 1.33. The van der Waals surface area contributed by atoms with E-state index < -0.39 is 41.6 Å². The number of β-amino-alcohol motifs (C(OH)–C–C–N with tert-alkyl or cyclic N) is 1. The van der Waals surface area contributed by atoms with Crippen LogP contribution in [0.4, 0.5) is 0 Å². The lowest BCUT2D eigenvalue weighted by Gasteiger charge is -2.41. The van der Waals surface area contributed by atoms with Crippen molar-refractivity contribution in [3.63, 3.8) is 0 Å². The molecule has 1 aliphatic rings. The van der Waals surface area contributed by atoms with Crippen LogP contribution in [0.5, 0.6) is 0 Å². The highest BCUT2D eigenvalue weighted by atomic mass is 32.2. The van der Waals surface area contributed by atoms with Crippen LogP contribution in [0.25, 0.3) is 10.9 Å². The number of amides is 3. The van der Waals surface area contributed by atoms with Gasteiger partial charge in [0, 0.05) is 46.6 Å². The zero-order valence-corrected chi connectivity index (χ0v) is 30.9. The van der Waals surface area contributed by atoms with Gasteiger partial charge in [0.2, 0.25) is 11.8 Å². The molecule has 0 bridgehead atoms. The second-order valence-electron chi connectivity index (χ2n) is 14.7. The lowest BCUT2D eigenvalue weighted by atomic mass is 9.95. The molecule has 1 aliphatic heterocycles. The lowest BCUT2D eigenvalue weighted by Crippen LogP contribution is -2.60. The van der Waals surface area contributed by atoms with Crippen molar-refractivity contribution in [2.75, 3.05) is 13.1 Å². The molecular formula is C40H50N6O4S. The van der Waals surface area contributed by atoms with Crippen molar-refractivity contribution in [1.82, 2.24) is 30.8 Å². The second-order valence-corrected chi connectivity index (χ2v) is 16.0. The summed E-state index contributed by atoms with van der Waals surface area (Å²) in [7, 11) is 0. The van der Waals surface area contributed by atoms with Crippen molar-refractivity contribution in [2.24, 2.45) is 5.92 Å². The number of hydrogen-bond donors (Lipinski definition) is 4. The van der Waals surface area contributed by atoms with Gasteiger partial charge in [0.1, 0.15) is 11.7 Å². The first-order valence-electron chi connectivity index (χ1n) is 17.7. The molecule has 1 unspecified atom stereocenters. The number of piperidine rings is 1. The van der Waals surface area contributed by atoms with E-state index in [0.29, 0.717) is 24.9 Å². The van der Waals surface area contributed by atoms with Gasteiger partial charge in [0.15, 0.2) is 0 Å². The molecule has 4 N–H and O–H groups in total. The standard InChI is InChI=1S/C40H50N6O4S/c1-26(2)36(44-37(48)32-16-15-28-13-9-10-14-31(28)42-32)39(50)43-33(23-27-11-7-6-8-12-27)35(47)25-46-22-19-30(51-29-17-20-41-21-18-29)24-34(46)38(49)45-40(3,4)5/h6-18,20-21,26,30,33-36,47H,19,22-25H2,1-5H3,(H,43,50)(H,44,48)(H,45,49)/t30-,33+,34?,35-,36+/m1/s1. The maximum absolute atomic E-state index is 14.0. The minimum absolute atomic E-state index is 0.0803. The SMILES string of the molecule is CC(C)[C@H](NC(=O)c1ccc2ccccc2n1)C(=O)N[C@@H](Cc1ccccc1)[C@H](O)CN1CC[C@@H](Sc2ccncc2)CC1C(=O)NC(C)(C)C. The van der Waals surface area contributed by atoms with Crippen LogP contribution in [0, 0.1) is 5.92 Å². The normalized spacial score (nSPS) is 18.5. The highest BCUT2D eigenvalue weighted by Crippen LogP contribution is 2.33. The zero-order chi connectivity index (χ0) is 36.5. The van der Waals surface area contributed by atoms with Gasteiger partial charge in [-0.3, -0.25) is 24.3 Å². The van der Waals surface area contributed by atoms with E-state index >= 15 is 0 Å². The molecule has 5 rings (SSSR count). The summed E-state index contributed by atoms with van der Waals surface area (Å²) in [6, 6.07) is 22.7. The molecule has 2 aromatic heterocycles. The Bertz CT molecular complexity index is 1770. The third kappa shape index (κ3) is 10.8. The molecular weight excluding hydrogens is 661 g/mol. The Morgan fingerprint density at radius 3 is 2.35 bits per heavy atom. The number of thioether (sulfide) groups is 1. The number of aromatic nitrogens is 2. The van der Waals surface area contributed by atoms with Gasteiger partial charge in [-0.15, -0.1) is 11.8 Å². The Morgan fingerprint density at radius 2 is 1.65 bits per heavy atom. The number of nitrogens with one attached hydrogen (secondary N) is 3. The molecule has 3 amide bonds. The molecule has 1 fully saturated rings. The number of nitrogens with zero attached hydrogens (tertiary/aromatic N) is 3. The Morgan fingerprint density at radius 1 is 0.941 bits per heavy atom. The lowest BCUT2D eigenvalue weighted by molar-refractivity contribution is -0.130. The molecule has 11 heteroatoms. The molecule has 0 aliphatic carbocycles. The van der Waals surface area contributed by atoms with Crippen LogP contribution in [-0.4, -0.2) is 85.8 Å². The summed E-state index contributed by atoms with van der Waals surface area (Å²) in [6.45, 7) is 10.4. The van der Waals surface area contributed by atoms with Crippen molar-refractivity contribution in [1.29, 1.82) is 0 Å². The number of pyridine rings is 2. The molecule has 0 radical (unpaired) electrons. The van der Waals surface area contributed by atoms with Crippen molar-refractivity contribution >= 4 is 40.4 Å². The number of hydrogen-bond acceptors (Lipinski definition) is 8. The van der Waals surface area contributed by atoms with Gasteiger partial charge in [0.05, 0.1) is 23.7 Å². The summed E-state index contributed by atoms with van der Waals surface area (Å²) < 4.78 is 0. The van der Waals surface area contributed by atoms with Crippen LogP contribution in [0.15, 0.2) is 96.2 Å². The molecule has 3 heterocycles. The number of fused-ring (bicyclic) bond motifs is 1. The number of likely N-dealkylation sites (tertiary alicyclic amines) is 1. The summed E-state index contributed by atoms with van der Waals surface area (Å²) in [5, 5.41) is 22.1. The smallest absolute Gasteiger partial charge is 0.270 e. The number of benzene rings is 2. The van der Waals surface area contributed by atoms with Crippen LogP contribution >= 0.6 is 11.8 Å². The highest BCUT2D eigenvalue weighted by Gasteiger charge is 2.38. The first kappa shape index (κ1) is 37.9. The van der Waals surface area contributed by atoms with Crippen LogP contribution in [-0.2, 0) is 16.0 Å². The molecule has 51 heavy (non-hydrogen) atoms. The minimum Gasteiger partial charge on any atom is -0.390 e. The van der Waals surface area contributed by atoms with E-state index in [2.05, 4.69) is 25.9 Å². The fourth-order valence-corrected chi connectivity index (χ4v) is 7.54. The monoisotopic (exact) mass is 710 g/mol. The van der Waals surface area contributed by atoms with Crippen LogP contribution < -0.4 is 16.0 Å². The van der Waals surface area contributed by atoms with Crippen LogP contribution in [0.3, 0.4) is 0 Å². The summed E-state index contributed by atoms with van der Waals surface area (Å²) >= 11 is 1.75. The van der Waals surface area contributed by atoms with Gasteiger partial charge in [-0.2, -0.15) is 0 Å². The van der Waals surface area contributed by atoms with E-state index in [1.165, 1.54) is 0 Å². The molecule has 0 saturated carbocycles. The quantitative estimate of drug-likeness (QED) is 0.152. The van der Waals surface area contributed by atoms with Crippen molar-refractivity contribution < 1.29 is 19.5 Å². The van der Waals surface area contributed by atoms with Crippen molar-refractivity contribution in [3.05, 3.63) is 103 Å². The topological polar surface area (TPSA) is 137 Å². The first-order valence-corrected chi connectivity index (χ1v) is 18.6. The average Bonchev–Trinajstić information content (AvgIpc) is 3.10.